The number of hydrogen-bond donors (Lipinski definition) is 5. The molecule has 16 heteroatoms. The Morgan fingerprint density at radius 1 is 1.14 bits per heavy atom. The molecule has 3 aliphatic heterocycles. The van der Waals surface area contributed by atoms with E-state index >= 15 is 0 Å². The number of nitrogens with zero attached hydrogens (tertiary/aromatic N) is 3. The lowest BCUT2D eigenvalue weighted by Gasteiger charge is -2.31. The van der Waals surface area contributed by atoms with Gasteiger partial charge in [0.15, 0.2) is 0 Å². The highest BCUT2D eigenvalue weighted by Gasteiger charge is 2.46. The number of H-pyrrole nitrogens is 1. The second kappa shape index (κ2) is 11.6. The fourth-order valence-corrected chi connectivity index (χ4v) is 7.77. The van der Waals surface area contributed by atoms with Crippen LogP contribution in [0.5, 0.6) is 0 Å². The molecule has 0 aliphatic carbocycles. The third-order valence-electron chi connectivity index (χ3n) is 8.39. The number of hydrogen-bond acceptors (Lipinski definition) is 7. The molecule has 5 heterocycles. The van der Waals surface area contributed by atoms with Crippen LogP contribution in [0.25, 0.3) is 10.1 Å². The van der Waals surface area contributed by atoms with Gasteiger partial charge in [0.1, 0.15) is 18.3 Å². The van der Waals surface area contributed by atoms with E-state index in [9.17, 15) is 37.5 Å². The van der Waals surface area contributed by atoms with Gasteiger partial charge in [-0.15, -0.1) is 11.3 Å². The molecule has 3 aliphatic rings. The molecular formula is C27H31F2N6O6PS. The second-order valence-electron chi connectivity index (χ2n) is 11.2. The first-order chi connectivity index (χ1) is 20.5. The van der Waals surface area contributed by atoms with Gasteiger partial charge >= 0.3 is 7.60 Å². The third-order valence-corrected chi connectivity index (χ3v) is 10.4. The van der Waals surface area contributed by atoms with Crippen LogP contribution in [0.3, 0.4) is 0 Å². The van der Waals surface area contributed by atoms with Crippen molar-refractivity contribution in [1.82, 2.24) is 25.5 Å². The summed E-state index contributed by atoms with van der Waals surface area (Å²) in [4.78, 5) is 69.3. The molecule has 6 atom stereocenters. The van der Waals surface area contributed by atoms with Crippen molar-refractivity contribution in [2.24, 2.45) is 0 Å². The molecular weight excluding hydrogens is 605 g/mol. The number of anilines is 1. The quantitative estimate of drug-likeness (QED) is 0.247. The number of fused-ring (bicyclic) bond motifs is 2. The number of carbonyl (C=O) groups excluding carboxylic acids is 3. The van der Waals surface area contributed by atoms with Crippen LogP contribution in [0, 0.1) is 0 Å². The molecule has 3 fully saturated rings. The number of imidazole rings is 1. The summed E-state index contributed by atoms with van der Waals surface area (Å²) in [7, 11) is -4.99. The number of aromatic amines is 1. The average Bonchev–Trinajstić information content (AvgIpc) is 3.76. The van der Waals surface area contributed by atoms with Gasteiger partial charge in [0, 0.05) is 29.7 Å². The zero-order valence-electron chi connectivity index (χ0n) is 22.9. The minimum absolute atomic E-state index is 0.0829. The molecule has 0 spiro atoms. The lowest BCUT2D eigenvalue weighted by atomic mass is 10.1. The van der Waals surface area contributed by atoms with Crippen molar-refractivity contribution in [3.05, 3.63) is 47.1 Å². The van der Waals surface area contributed by atoms with Crippen LogP contribution in [-0.2, 0) is 14.2 Å². The van der Waals surface area contributed by atoms with Crippen LogP contribution in [0.1, 0.15) is 53.3 Å². The van der Waals surface area contributed by atoms with E-state index in [1.165, 1.54) is 24.3 Å². The molecule has 3 aromatic rings. The summed E-state index contributed by atoms with van der Waals surface area (Å²) in [5.41, 5.74) is -0.195. The maximum absolute atomic E-state index is 14.8. The number of aromatic nitrogens is 2. The van der Waals surface area contributed by atoms with Crippen LogP contribution >= 0.6 is 18.9 Å². The molecule has 3 saturated heterocycles. The Kier molecular flexibility index (Phi) is 8.01. The lowest BCUT2D eigenvalue weighted by Crippen LogP contribution is -2.56. The first-order valence-electron chi connectivity index (χ1n) is 14.0. The maximum Gasteiger partial charge on any atom is 0.363 e. The molecule has 0 radical (unpaired) electrons. The summed E-state index contributed by atoms with van der Waals surface area (Å²) in [6.07, 6.45) is 4.71. The van der Waals surface area contributed by atoms with Crippen molar-refractivity contribution in [2.45, 2.75) is 68.4 Å². The highest BCUT2D eigenvalue weighted by atomic mass is 32.1. The van der Waals surface area contributed by atoms with E-state index in [2.05, 4.69) is 20.6 Å². The molecule has 2 aromatic heterocycles. The Morgan fingerprint density at radius 2 is 1.95 bits per heavy atom. The normalized spacial score (nSPS) is 26.8. The number of amides is 3. The van der Waals surface area contributed by atoms with Gasteiger partial charge in [-0.3, -0.25) is 18.9 Å². The molecule has 5 N–H and O–H groups in total. The zero-order chi connectivity index (χ0) is 30.5. The van der Waals surface area contributed by atoms with Gasteiger partial charge in [-0.25, -0.2) is 13.8 Å². The highest BCUT2D eigenvalue weighted by Crippen LogP contribution is 2.53. The van der Waals surface area contributed by atoms with Gasteiger partial charge in [0.2, 0.25) is 23.7 Å². The topological polar surface area (TPSA) is 168 Å². The number of benzene rings is 1. The molecule has 0 saturated carbocycles. The minimum atomic E-state index is -4.99. The van der Waals surface area contributed by atoms with E-state index in [1.807, 2.05) is 0 Å². The van der Waals surface area contributed by atoms with Crippen LogP contribution in [0.4, 0.5) is 14.7 Å². The number of carbonyl (C=O) groups is 3. The minimum Gasteiger partial charge on any atom is -0.347 e. The maximum atomic E-state index is 14.8. The predicted octanol–water partition coefficient (Wildman–Crippen LogP) is 2.76. The fourth-order valence-electron chi connectivity index (χ4n) is 6.28. The van der Waals surface area contributed by atoms with E-state index in [-0.39, 0.29) is 35.5 Å². The van der Waals surface area contributed by atoms with Crippen LogP contribution < -0.4 is 15.5 Å². The molecule has 230 valence electrons. The van der Waals surface area contributed by atoms with E-state index in [4.69, 9.17) is 0 Å². The van der Waals surface area contributed by atoms with E-state index in [0.29, 0.717) is 48.1 Å². The summed E-state index contributed by atoms with van der Waals surface area (Å²) in [5.74, 6) is -3.25. The predicted molar refractivity (Wildman–Crippen MR) is 154 cm³/mol. The summed E-state index contributed by atoms with van der Waals surface area (Å²) in [6, 6.07) is 2.99. The van der Waals surface area contributed by atoms with Gasteiger partial charge in [0.25, 0.3) is 5.91 Å². The monoisotopic (exact) mass is 636 g/mol. The molecule has 6 rings (SSSR count). The van der Waals surface area contributed by atoms with Crippen LogP contribution in [0.2, 0.25) is 0 Å². The molecule has 3 amide bonds. The molecule has 43 heavy (non-hydrogen) atoms. The fraction of sp³-hybridized carbons (Fsp3) is 0.481. The van der Waals surface area contributed by atoms with Gasteiger partial charge in [-0.1, -0.05) is 6.07 Å². The molecule has 0 bridgehead atoms. The average molecular weight is 637 g/mol. The summed E-state index contributed by atoms with van der Waals surface area (Å²) >= 11 is 1.11. The summed E-state index contributed by atoms with van der Waals surface area (Å²) in [6.45, 7) is 0.324. The van der Waals surface area contributed by atoms with Gasteiger partial charge in [-0.2, -0.15) is 0 Å². The van der Waals surface area contributed by atoms with Crippen molar-refractivity contribution in [3.8, 4) is 0 Å². The molecule has 1 aromatic carbocycles. The number of halogens is 2. The zero-order valence-corrected chi connectivity index (χ0v) is 24.6. The van der Waals surface area contributed by atoms with Gasteiger partial charge in [-0.05, 0) is 61.3 Å². The Morgan fingerprint density at radius 3 is 2.70 bits per heavy atom. The standard InChI is InChI=1S/C27H31F2N6O6PS/c28-17-12-34(27-30-8-9-31-27)13-19(17)33-24(36)20-6-5-16-2-1-3-18(26(38)35(16)20)32-25(37)22-11-15-10-14(4-7-21(15)43-22)23(29)42(39,40)41/h4,7-11,16-20,23H,1-3,5-6,12-13H2,(H,30,31)(H,32,37)(H,33,36)(H2,39,40,41)/t16-,17-,18-,19-,20-,23+/m0/s1. The highest BCUT2D eigenvalue weighted by molar-refractivity contribution is 7.51. The SMILES string of the molecule is O=C(N[C@H]1CCC[C@H]2CC[C@@H](C(=O)N[C@H]3CN(c4ncc[nH]4)C[C@@H]3F)N2C1=O)c1cc2cc([C@H](F)P(=O)(O)O)ccc2s1. The Labute approximate surface area is 249 Å². The van der Waals surface area contributed by atoms with Crippen molar-refractivity contribution in [1.29, 1.82) is 0 Å². The van der Waals surface area contributed by atoms with Crippen molar-refractivity contribution >= 4 is 52.7 Å². The second-order valence-corrected chi connectivity index (χ2v) is 13.9. The van der Waals surface area contributed by atoms with Crippen molar-refractivity contribution in [2.75, 3.05) is 18.0 Å². The third kappa shape index (κ3) is 5.91. The van der Waals surface area contributed by atoms with E-state index in [1.54, 1.807) is 22.2 Å². The van der Waals surface area contributed by atoms with Gasteiger partial charge < -0.3 is 35.2 Å². The Bertz CT molecular complexity index is 1580. The summed E-state index contributed by atoms with van der Waals surface area (Å²) < 4.78 is 41.0. The van der Waals surface area contributed by atoms with Gasteiger partial charge in [0.05, 0.1) is 17.5 Å². The number of rotatable bonds is 7. The largest absolute Gasteiger partial charge is 0.363 e. The lowest BCUT2D eigenvalue weighted by molar-refractivity contribution is -0.141. The van der Waals surface area contributed by atoms with Crippen LogP contribution in [-0.4, -0.2) is 85.8 Å². The first-order valence-corrected chi connectivity index (χ1v) is 16.5. The van der Waals surface area contributed by atoms with Crippen molar-refractivity contribution in [3.63, 3.8) is 0 Å². The Hall–Kier alpha value is -3.39. The molecule has 0 unspecified atom stereocenters. The van der Waals surface area contributed by atoms with Crippen molar-refractivity contribution < 1.29 is 37.5 Å². The van der Waals surface area contributed by atoms with E-state index in [0.717, 1.165) is 11.3 Å². The Balaban J connectivity index is 1.13. The van der Waals surface area contributed by atoms with Crippen LogP contribution in [0.15, 0.2) is 36.7 Å². The van der Waals surface area contributed by atoms with E-state index < -0.39 is 49.6 Å². The number of alkyl halides is 2. The number of nitrogens with one attached hydrogen (secondary N) is 3. The smallest absolute Gasteiger partial charge is 0.347 e. The molecule has 12 nitrogen and oxygen atoms in total. The first kappa shape index (κ1) is 29.7. The summed E-state index contributed by atoms with van der Waals surface area (Å²) in [5, 5.41) is 6.04. The number of thiophene rings is 1.